The van der Waals surface area contributed by atoms with E-state index in [1.54, 1.807) is 6.07 Å². The van der Waals surface area contributed by atoms with Crippen LogP contribution < -0.4 is 10.5 Å². The number of ether oxygens (including phenoxy) is 1. The topological polar surface area (TPSA) is 61.3 Å². The molecule has 2 aromatic rings. The van der Waals surface area contributed by atoms with E-state index in [9.17, 15) is 0 Å². The molecule has 16 heavy (non-hydrogen) atoms. The van der Waals surface area contributed by atoms with Gasteiger partial charge in [-0.15, -0.1) is 0 Å². The third kappa shape index (κ3) is 1.43. The van der Waals surface area contributed by atoms with Gasteiger partial charge in [-0.05, 0) is 18.6 Å². The fourth-order valence-corrected chi connectivity index (χ4v) is 1.99. The Morgan fingerprint density at radius 1 is 1.38 bits per heavy atom. The van der Waals surface area contributed by atoms with E-state index in [0.717, 1.165) is 23.4 Å². The standard InChI is InChI=1S/C12H12N2O2/c1-7-4-9-3-2-8(5-11(9)15-7)10-6-12(13)16-14-10/h2-3,5-7H,4,13H2,1H3. The van der Waals surface area contributed by atoms with Gasteiger partial charge in [0.1, 0.15) is 17.5 Å². The van der Waals surface area contributed by atoms with Crippen molar-refractivity contribution in [3.63, 3.8) is 0 Å². The maximum atomic E-state index is 5.69. The Morgan fingerprint density at radius 2 is 2.25 bits per heavy atom. The number of rotatable bonds is 1. The molecule has 1 atom stereocenters. The first-order chi connectivity index (χ1) is 7.72. The largest absolute Gasteiger partial charge is 0.490 e. The minimum Gasteiger partial charge on any atom is -0.490 e. The highest BCUT2D eigenvalue weighted by Crippen LogP contribution is 2.33. The van der Waals surface area contributed by atoms with Gasteiger partial charge in [-0.25, -0.2) is 0 Å². The van der Waals surface area contributed by atoms with E-state index < -0.39 is 0 Å². The zero-order valence-corrected chi connectivity index (χ0v) is 8.93. The molecule has 1 aliphatic rings. The highest BCUT2D eigenvalue weighted by atomic mass is 16.5. The molecule has 0 aliphatic carbocycles. The molecule has 0 amide bonds. The van der Waals surface area contributed by atoms with Crippen LogP contribution in [0.5, 0.6) is 5.75 Å². The van der Waals surface area contributed by atoms with Crippen molar-refractivity contribution in [1.29, 1.82) is 0 Å². The lowest BCUT2D eigenvalue weighted by Crippen LogP contribution is -2.05. The van der Waals surface area contributed by atoms with Gasteiger partial charge in [0.25, 0.3) is 0 Å². The van der Waals surface area contributed by atoms with Crippen molar-refractivity contribution in [3.8, 4) is 17.0 Å². The first-order valence-corrected chi connectivity index (χ1v) is 5.24. The molecule has 3 rings (SSSR count). The fourth-order valence-electron chi connectivity index (χ4n) is 1.99. The molecular formula is C12H12N2O2. The minimum atomic E-state index is 0.257. The molecule has 0 saturated heterocycles. The number of hydrogen-bond acceptors (Lipinski definition) is 4. The normalized spacial score (nSPS) is 18.2. The van der Waals surface area contributed by atoms with Gasteiger partial charge in [-0.3, -0.25) is 0 Å². The van der Waals surface area contributed by atoms with Crippen LogP contribution in [0.4, 0.5) is 5.88 Å². The summed E-state index contributed by atoms with van der Waals surface area (Å²) in [5.74, 6) is 1.26. The van der Waals surface area contributed by atoms with E-state index in [4.69, 9.17) is 15.0 Å². The quantitative estimate of drug-likeness (QED) is 0.794. The Bertz CT molecular complexity index is 534. The lowest BCUT2D eigenvalue weighted by molar-refractivity contribution is 0.254. The number of anilines is 1. The summed E-state index contributed by atoms with van der Waals surface area (Å²) in [5, 5.41) is 3.87. The van der Waals surface area contributed by atoms with Crippen molar-refractivity contribution >= 4 is 5.88 Å². The van der Waals surface area contributed by atoms with Gasteiger partial charge in [0.15, 0.2) is 0 Å². The first kappa shape index (κ1) is 9.27. The predicted octanol–water partition coefficient (Wildman–Crippen LogP) is 2.25. The van der Waals surface area contributed by atoms with E-state index in [1.165, 1.54) is 5.56 Å². The highest BCUT2D eigenvalue weighted by Gasteiger charge is 2.19. The Morgan fingerprint density at radius 3 is 3.00 bits per heavy atom. The molecule has 2 heterocycles. The van der Waals surface area contributed by atoms with Crippen LogP contribution in [0, 0.1) is 0 Å². The van der Waals surface area contributed by atoms with Crippen LogP contribution in [0.25, 0.3) is 11.3 Å². The number of nitrogen functional groups attached to an aromatic ring is 1. The summed E-state index contributed by atoms with van der Waals surface area (Å²) < 4.78 is 10.5. The molecule has 2 N–H and O–H groups in total. The summed E-state index contributed by atoms with van der Waals surface area (Å²) in [4.78, 5) is 0. The lowest BCUT2D eigenvalue weighted by Gasteiger charge is -2.03. The van der Waals surface area contributed by atoms with Crippen LogP contribution in [0.2, 0.25) is 0 Å². The molecule has 82 valence electrons. The van der Waals surface area contributed by atoms with E-state index >= 15 is 0 Å². The first-order valence-electron chi connectivity index (χ1n) is 5.24. The zero-order chi connectivity index (χ0) is 11.1. The molecule has 1 unspecified atom stereocenters. The van der Waals surface area contributed by atoms with E-state index in [0.29, 0.717) is 5.88 Å². The lowest BCUT2D eigenvalue weighted by atomic mass is 10.1. The molecular weight excluding hydrogens is 204 g/mol. The van der Waals surface area contributed by atoms with Gasteiger partial charge < -0.3 is 15.0 Å². The minimum absolute atomic E-state index is 0.257. The number of fused-ring (bicyclic) bond motifs is 1. The molecule has 4 nitrogen and oxygen atoms in total. The van der Waals surface area contributed by atoms with Gasteiger partial charge in [-0.2, -0.15) is 0 Å². The summed E-state index contributed by atoms with van der Waals surface area (Å²) in [6.07, 6.45) is 1.23. The van der Waals surface area contributed by atoms with Gasteiger partial charge in [0.05, 0.1) is 0 Å². The van der Waals surface area contributed by atoms with Gasteiger partial charge in [-0.1, -0.05) is 17.3 Å². The van der Waals surface area contributed by atoms with Crippen molar-refractivity contribution < 1.29 is 9.26 Å². The second-order valence-corrected chi connectivity index (χ2v) is 4.07. The van der Waals surface area contributed by atoms with Crippen LogP contribution in [-0.2, 0) is 6.42 Å². The summed E-state index contributed by atoms with van der Waals surface area (Å²) in [6.45, 7) is 2.06. The summed E-state index contributed by atoms with van der Waals surface area (Å²) in [7, 11) is 0. The Kier molecular flexibility index (Phi) is 1.89. The van der Waals surface area contributed by atoms with Crippen LogP contribution in [0.3, 0.4) is 0 Å². The SMILES string of the molecule is CC1Cc2ccc(-c3cc(N)on3)cc2O1. The Balaban J connectivity index is 2.02. The Hall–Kier alpha value is -1.97. The average molecular weight is 216 g/mol. The number of aromatic nitrogens is 1. The van der Waals surface area contributed by atoms with Gasteiger partial charge in [0, 0.05) is 18.1 Å². The number of benzene rings is 1. The van der Waals surface area contributed by atoms with Gasteiger partial charge in [0.2, 0.25) is 5.88 Å². The maximum Gasteiger partial charge on any atom is 0.222 e. The second kappa shape index (κ2) is 3.27. The molecule has 1 aliphatic heterocycles. The van der Waals surface area contributed by atoms with Crippen LogP contribution in [0.15, 0.2) is 28.8 Å². The van der Waals surface area contributed by atoms with Crippen molar-refractivity contribution in [3.05, 3.63) is 29.8 Å². The molecule has 0 radical (unpaired) electrons. The van der Waals surface area contributed by atoms with Crippen molar-refractivity contribution in [1.82, 2.24) is 5.16 Å². The molecule has 0 saturated carbocycles. The maximum absolute atomic E-state index is 5.69. The smallest absolute Gasteiger partial charge is 0.222 e. The summed E-state index contributed by atoms with van der Waals surface area (Å²) in [6, 6.07) is 7.77. The molecule has 0 fully saturated rings. The second-order valence-electron chi connectivity index (χ2n) is 4.07. The Labute approximate surface area is 93.0 Å². The van der Waals surface area contributed by atoms with Crippen molar-refractivity contribution in [2.75, 3.05) is 5.73 Å². The summed E-state index contributed by atoms with van der Waals surface area (Å²) >= 11 is 0. The van der Waals surface area contributed by atoms with Crippen LogP contribution in [0.1, 0.15) is 12.5 Å². The van der Waals surface area contributed by atoms with E-state index in [-0.39, 0.29) is 6.10 Å². The highest BCUT2D eigenvalue weighted by molar-refractivity contribution is 5.64. The van der Waals surface area contributed by atoms with Gasteiger partial charge >= 0.3 is 0 Å². The molecule has 4 heteroatoms. The predicted molar refractivity (Wildman–Crippen MR) is 60.1 cm³/mol. The molecule has 1 aromatic heterocycles. The van der Waals surface area contributed by atoms with Crippen molar-refractivity contribution in [2.45, 2.75) is 19.4 Å². The number of nitrogens with two attached hydrogens (primary N) is 1. The third-order valence-electron chi connectivity index (χ3n) is 2.73. The molecule has 0 spiro atoms. The average Bonchev–Trinajstić information content (AvgIpc) is 2.81. The zero-order valence-electron chi connectivity index (χ0n) is 8.93. The van der Waals surface area contributed by atoms with E-state index in [1.807, 2.05) is 12.1 Å². The monoisotopic (exact) mass is 216 g/mol. The number of nitrogens with zero attached hydrogens (tertiary/aromatic N) is 1. The van der Waals surface area contributed by atoms with Crippen molar-refractivity contribution in [2.24, 2.45) is 0 Å². The van der Waals surface area contributed by atoms with Crippen LogP contribution >= 0.6 is 0 Å². The number of hydrogen-bond donors (Lipinski definition) is 1. The van der Waals surface area contributed by atoms with Crippen LogP contribution in [-0.4, -0.2) is 11.3 Å². The molecule has 1 aromatic carbocycles. The fraction of sp³-hybridized carbons (Fsp3) is 0.250. The van der Waals surface area contributed by atoms with E-state index in [2.05, 4.69) is 18.1 Å². The third-order valence-corrected chi connectivity index (χ3v) is 2.73. The summed E-state index contributed by atoms with van der Waals surface area (Å²) in [5.41, 5.74) is 8.44. The molecule has 0 bridgehead atoms.